The van der Waals surface area contributed by atoms with E-state index in [0.717, 1.165) is 68.6 Å². The van der Waals surface area contributed by atoms with Crippen LogP contribution in [-0.2, 0) is 12.8 Å². The molecule has 1 saturated heterocycles. The molecule has 1 unspecified atom stereocenters. The second-order valence-corrected chi connectivity index (χ2v) is 8.58. The van der Waals surface area contributed by atoms with Gasteiger partial charge >= 0.3 is 0 Å². The molecule has 32 heavy (non-hydrogen) atoms. The molecule has 166 valence electrons. The molecule has 1 fully saturated rings. The third kappa shape index (κ3) is 4.74. The van der Waals surface area contributed by atoms with E-state index in [1.165, 1.54) is 17.0 Å². The van der Waals surface area contributed by atoms with Gasteiger partial charge in [0.1, 0.15) is 18.5 Å². The van der Waals surface area contributed by atoms with Gasteiger partial charge in [0.2, 0.25) is 0 Å². The maximum atomic E-state index is 13.7. The molecular weight excluding hydrogens is 403 g/mol. The van der Waals surface area contributed by atoms with Gasteiger partial charge in [-0.15, -0.1) is 10.2 Å². The van der Waals surface area contributed by atoms with Gasteiger partial charge in [-0.05, 0) is 67.1 Å². The molecule has 2 aromatic carbocycles. The van der Waals surface area contributed by atoms with Crippen molar-refractivity contribution >= 4 is 10.9 Å². The quantitative estimate of drug-likeness (QED) is 0.445. The minimum atomic E-state index is -0.149. The molecule has 5 rings (SSSR count). The Balaban J connectivity index is 1.29. The molecule has 1 atom stereocenters. The van der Waals surface area contributed by atoms with Gasteiger partial charge in [0.05, 0.1) is 0 Å². The van der Waals surface area contributed by atoms with Crippen LogP contribution in [0.2, 0.25) is 0 Å². The van der Waals surface area contributed by atoms with Crippen molar-refractivity contribution in [2.24, 2.45) is 0 Å². The van der Waals surface area contributed by atoms with Crippen LogP contribution in [0.1, 0.15) is 24.0 Å². The Morgan fingerprint density at radius 1 is 1.03 bits per heavy atom. The number of benzene rings is 2. The third-order valence-electron chi connectivity index (χ3n) is 6.48. The Morgan fingerprint density at radius 2 is 1.88 bits per heavy atom. The van der Waals surface area contributed by atoms with E-state index in [0.29, 0.717) is 6.04 Å². The smallest absolute Gasteiger partial charge is 0.123 e. The number of H-pyrrole nitrogens is 1. The second-order valence-electron chi connectivity index (χ2n) is 8.58. The number of aryl methyl sites for hydroxylation is 1. The standard InChI is InChI=1S/C25H29FN6/c26-21-5-1-3-19(13-21)14-22(31-11-9-27-10-12-31)6-2-4-20-16-28-25-8-7-23(15-24(20)25)32-17-29-30-18-32/h1,3,5,7-8,13,15-18,22,27-28H,2,4,6,9-12,14H2. The average Bonchev–Trinajstić information content (AvgIpc) is 3.49. The van der Waals surface area contributed by atoms with E-state index >= 15 is 0 Å². The Labute approximate surface area is 187 Å². The Kier molecular flexibility index (Phi) is 6.27. The van der Waals surface area contributed by atoms with E-state index in [1.807, 2.05) is 16.7 Å². The number of aromatic nitrogens is 4. The van der Waals surface area contributed by atoms with Crippen LogP contribution in [0, 0.1) is 5.82 Å². The molecule has 1 aliphatic heterocycles. The summed E-state index contributed by atoms with van der Waals surface area (Å²) in [6, 6.07) is 13.9. The van der Waals surface area contributed by atoms with Crippen molar-refractivity contribution in [3.63, 3.8) is 0 Å². The minimum absolute atomic E-state index is 0.149. The summed E-state index contributed by atoms with van der Waals surface area (Å²) in [6.07, 6.45) is 9.66. The van der Waals surface area contributed by atoms with Crippen molar-refractivity contribution < 1.29 is 4.39 Å². The molecular formula is C25H29FN6. The highest BCUT2D eigenvalue weighted by molar-refractivity contribution is 5.85. The molecule has 0 radical (unpaired) electrons. The van der Waals surface area contributed by atoms with Gasteiger partial charge < -0.3 is 10.3 Å². The maximum Gasteiger partial charge on any atom is 0.123 e. The number of nitrogens with zero attached hydrogens (tertiary/aromatic N) is 4. The summed E-state index contributed by atoms with van der Waals surface area (Å²) in [5.74, 6) is -0.149. The first-order chi connectivity index (χ1) is 15.8. The molecule has 6 nitrogen and oxygen atoms in total. The van der Waals surface area contributed by atoms with Gasteiger partial charge in [-0.2, -0.15) is 0 Å². The molecule has 0 saturated carbocycles. The van der Waals surface area contributed by atoms with Crippen LogP contribution < -0.4 is 5.32 Å². The van der Waals surface area contributed by atoms with Crippen LogP contribution in [0.3, 0.4) is 0 Å². The van der Waals surface area contributed by atoms with Crippen LogP contribution in [-0.4, -0.2) is 56.9 Å². The lowest BCUT2D eigenvalue weighted by Crippen LogP contribution is -2.49. The van der Waals surface area contributed by atoms with Crippen LogP contribution in [0.4, 0.5) is 4.39 Å². The predicted octanol–water partition coefficient (Wildman–Crippen LogP) is 3.73. The van der Waals surface area contributed by atoms with Crippen LogP contribution in [0.15, 0.2) is 61.3 Å². The number of fused-ring (bicyclic) bond motifs is 1. The van der Waals surface area contributed by atoms with Gasteiger partial charge in [0.15, 0.2) is 0 Å². The molecule has 0 aliphatic carbocycles. The summed E-state index contributed by atoms with van der Waals surface area (Å²) in [5, 5.41) is 12.5. The fraction of sp³-hybridized carbons (Fsp3) is 0.360. The Bertz CT molecular complexity index is 1150. The number of hydrogen-bond donors (Lipinski definition) is 2. The first kappa shape index (κ1) is 20.8. The van der Waals surface area contributed by atoms with E-state index in [9.17, 15) is 4.39 Å². The number of nitrogens with one attached hydrogen (secondary N) is 2. The zero-order valence-corrected chi connectivity index (χ0v) is 18.2. The monoisotopic (exact) mass is 432 g/mol. The lowest BCUT2D eigenvalue weighted by Gasteiger charge is -2.35. The predicted molar refractivity (Wildman–Crippen MR) is 124 cm³/mol. The third-order valence-corrected chi connectivity index (χ3v) is 6.48. The first-order valence-electron chi connectivity index (χ1n) is 11.4. The molecule has 0 amide bonds. The van der Waals surface area contributed by atoms with Gasteiger partial charge in [0, 0.05) is 55.0 Å². The van der Waals surface area contributed by atoms with Crippen molar-refractivity contribution in [2.45, 2.75) is 31.7 Å². The van der Waals surface area contributed by atoms with Crippen molar-refractivity contribution in [1.82, 2.24) is 30.0 Å². The van der Waals surface area contributed by atoms with Gasteiger partial charge in [-0.25, -0.2) is 4.39 Å². The van der Waals surface area contributed by atoms with Crippen LogP contribution >= 0.6 is 0 Å². The maximum absolute atomic E-state index is 13.7. The fourth-order valence-electron chi connectivity index (χ4n) is 4.79. The van der Waals surface area contributed by atoms with Crippen molar-refractivity contribution in [3.8, 4) is 5.69 Å². The molecule has 1 aliphatic rings. The van der Waals surface area contributed by atoms with Crippen LogP contribution in [0.25, 0.3) is 16.6 Å². The number of halogens is 1. The summed E-state index contributed by atoms with van der Waals surface area (Å²) < 4.78 is 15.7. The zero-order valence-electron chi connectivity index (χ0n) is 18.2. The lowest BCUT2D eigenvalue weighted by molar-refractivity contribution is 0.161. The zero-order chi connectivity index (χ0) is 21.8. The van der Waals surface area contributed by atoms with E-state index in [4.69, 9.17) is 0 Å². The topological polar surface area (TPSA) is 61.8 Å². The van der Waals surface area contributed by atoms with Crippen molar-refractivity contribution in [3.05, 3.63) is 78.3 Å². The summed E-state index contributed by atoms with van der Waals surface area (Å²) >= 11 is 0. The lowest BCUT2D eigenvalue weighted by atomic mass is 9.97. The fourth-order valence-corrected chi connectivity index (χ4v) is 4.79. The molecule has 0 bridgehead atoms. The van der Waals surface area contributed by atoms with Gasteiger partial charge in [-0.1, -0.05) is 12.1 Å². The summed E-state index contributed by atoms with van der Waals surface area (Å²) in [4.78, 5) is 5.98. The highest BCUT2D eigenvalue weighted by atomic mass is 19.1. The average molecular weight is 433 g/mol. The highest BCUT2D eigenvalue weighted by Gasteiger charge is 2.21. The largest absolute Gasteiger partial charge is 0.361 e. The molecule has 4 aromatic rings. The van der Waals surface area contributed by atoms with Gasteiger partial charge in [0.25, 0.3) is 0 Å². The summed E-state index contributed by atoms with van der Waals surface area (Å²) in [6.45, 7) is 4.15. The Morgan fingerprint density at radius 3 is 2.69 bits per heavy atom. The molecule has 0 spiro atoms. The van der Waals surface area contributed by atoms with Gasteiger partial charge in [-0.3, -0.25) is 9.47 Å². The SMILES string of the molecule is Fc1cccc(CC(CCCc2c[nH]c3ccc(-n4cnnc4)cc23)N2CCNCC2)c1. The van der Waals surface area contributed by atoms with E-state index in [-0.39, 0.29) is 5.82 Å². The Hall–Kier alpha value is -3.03. The normalized spacial score (nSPS) is 15.9. The molecule has 7 heteroatoms. The first-order valence-corrected chi connectivity index (χ1v) is 11.4. The van der Waals surface area contributed by atoms with Crippen molar-refractivity contribution in [1.29, 1.82) is 0 Å². The van der Waals surface area contributed by atoms with Crippen LogP contribution in [0.5, 0.6) is 0 Å². The number of hydrogen-bond acceptors (Lipinski definition) is 4. The number of piperazine rings is 1. The van der Waals surface area contributed by atoms with Crippen molar-refractivity contribution in [2.75, 3.05) is 26.2 Å². The summed E-state index contributed by atoms with van der Waals surface area (Å²) in [5.41, 5.74) is 4.63. The highest BCUT2D eigenvalue weighted by Crippen LogP contribution is 2.24. The second kappa shape index (κ2) is 9.63. The van der Waals surface area contributed by atoms with E-state index in [1.54, 1.807) is 18.7 Å². The number of aromatic amines is 1. The summed E-state index contributed by atoms with van der Waals surface area (Å²) in [7, 11) is 0. The van der Waals surface area contributed by atoms with E-state index in [2.05, 4.69) is 49.8 Å². The minimum Gasteiger partial charge on any atom is -0.361 e. The van der Waals surface area contributed by atoms with E-state index < -0.39 is 0 Å². The molecule has 3 heterocycles. The molecule has 2 N–H and O–H groups in total. The number of rotatable bonds is 8. The molecule has 2 aromatic heterocycles.